The molecule has 0 spiro atoms. The maximum atomic E-state index is 13.6. The van der Waals surface area contributed by atoms with Crippen LogP contribution in [0.3, 0.4) is 0 Å². The first-order valence-electron chi connectivity index (χ1n) is 10.7. The van der Waals surface area contributed by atoms with Gasteiger partial charge in [0.2, 0.25) is 0 Å². The molecular formula is C23H27N3O6. The molecule has 4 rings (SSSR count). The first-order valence-corrected chi connectivity index (χ1v) is 10.7. The molecule has 32 heavy (non-hydrogen) atoms. The summed E-state index contributed by atoms with van der Waals surface area (Å²) in [4.78, 5) is 39.4. The largest absolute Gasteiger partial charge is 0.502 e. The Morgan fingerprint density at radius 3 is 2.62 bits per heavy atom. The van der Waals surface area contributed by atoms with Crippen molar-refractivity contribution in [2.24, 2.45) is 5.41 Å². The second kappa shape index (κ2) is 8.05. The van der Waals surface area contributed by atoms with E-state index in [1.165, 1.54) is 12.1 Å². The van der Waals surface area contributed by atoms with E-state index < -0.39 is 22.3 Å². The number of hydrogen-bond acceptors (Lipinski definition) is 7. The maximum Gasteiger partial charge on any atom is 0.310 e. The molecule has 0 bridgehead atoms. The van der Waals surface area contributed by atoms with Gasteiger partial charge in [-0.2, -0.15) is 0 Å². The van der Waals surface area contributed by atoms with E-state index in [0.29, 0.717) is 61.6 Å². The van der Waals surface area contributed by atoms with Crippen LogP contribution in [0, 0.1) is 15.5 Å². The van der Waals surface area contributed by atoms with Crippen LogP contribution in [-0.4, -0.2) is 52.9 Å². The van der Waals surface area contributed by atoms with Gasteiger partial charge in [-0.1, -0.05) is 19.9 Å². The van der Waals surface area contributed by atoms with E-state index in [-0.39, 0.29) is 17.1 Å². The molecule has 1 aromatic rings. The maximum absolute atomic E-state index is 13.6. The van der Waals surface area contributed by atoms with Crippen molar-refractivity contribution in [3.05, 3.63) is 56.4 Å². The standard InChI is InChI=1S/C23H27N3O6/c1-13-19(22(29)25-6-8-32-9-7-25)20(14-4-5-17(27)16(10-14)26(30)31)21-15(24-13)11-23(2,3)12-18(21)28/h4-5,10,20,24,27H,6-9,11-12H2,1-3H3. The first kappa shape index (κ1) is 22.0. The average molecular weight is 441 g/mol. The van der Waals surface area contributed by atoms with Crippen molar-refractivity contribution in [1.29, 1.82) is 0 Å². The van der Waals surface area contributed by atoms with Gasteiger partial charge >= 0.3 is 5.69 Å². The number of nitro benzene ring substituents is 1. The van der Waals surface area contributed by atoms with Crippen molar-refractivity contribution in [1.82, 2.24) is 10.2 Å². The highest BCUT2D eigenvalue weighted by atomic mass is 16.6. The van der Waals surface area contributed by atoms with Crippen molar-refractivity contribution in [3.8, 4) is 5.75 Å². The molecule has 1 fully saturated rings. The zero-order chi connectivity index (χ0) is 23.2. The molecule has 2 N–H and O–H groups in total. The Hall–Kier alpha value is -3.20. The lowest BCUT2D eigenvalue weighted by Gasteiger charge is -2.40. The lowest BCUT2D eigenvalue weighted by molar-refractivity contribution is -0.385. The van der Waals surface area contributed by atoms with Gasteiger partial charge in [-0.15, -0.1) is 0 Å². The van der Waals surface area contributed by atoms with Crippen LogP contribution < -0.4 is 5.32 Å². The molecule has 9 heteroatoms. The predicted molar refractivity (Wildman–Crippen MR) is 116 cm³/mol. The number of Topliss-reactive ketones (excluding diaryl/α,β-unsaturated/α-hetero) is 1. The van der Waals surface area contributed by atoms with Gasteiger partial charge in [-0.05, 0) is 30.4 Å². The van der Waals surface area contributed by atoms with Gasteiger partial charge in [0, 0.05) is 54.0 Å². The Labute approximate surface area is 185 Å². The lowest BCUT2D eigenvalue weighted by atomic mass is 9.68. The Kier molecular flexibility index (Phi) is 5.54. The fourth-order valence-corrected chi connectivity index (χ4v) is 4.86. The summed E-state index contributed by atoms with van der Waals surface area (Å²) >= 11 is 0. The number of dihydropyridines is 1. The Bertz CT molecular complexity index is 1070. The number of nitrogens with zero attached hydrogens (tertiary/aromatic N) is 2. The number of ketones is 1. The van der Waals surface area contributed by atoms with E-state index in [0.717, 1.165) is 5.70 Å². The van der Waals surface area contributed by atoms with Gasteiger partial charge < -0.3 is 20.1 Å². The number of carbonyl (C=O) groups excluding carboxylic acids is 2. The minimum Gasteiger partial charge on any atom is -0.502 e. The van der Waals surface area contributed by atoms with Gasteiger partial charge in [-0.3, -0.25) is 19.7 Å². The molecular weight excluding hydrogens is 414 g/mol. The Balaban J connectivity index is 1.88. The van der Waals surface area contributed by atoms with Crippen molar-refractivity contribution in [3.63, 3.8) is 0 Å². The number of morpholine rings is 1. The van der Waals surface area contributed by atoms with E-state index in [4.69, 9.17) is 4.74 Å². The highest BCUT2D eigenvalue weighted by Crippen LogP contribution is 2.47. The monoisotopic (exact) mass is 441 g/mol. The Morgan fingerprint density at radius 1 is 1.28 bits per heavy atom. The fourth-order valence-electron chi connectivity index (χ4n) is 4.86. The van der Waals surface area contributed by atoms with Gasteiger partial charge in [0.25, 0.3) is 5.91 Å². The number of amides is 1. The van der Waals surface area contributed by atoms with E-state index >= 15 is 0 Å². The van der Waals surface area contributed by atoms with E-state index in [9.17, 15) is 24.8 Å². The SMILES string of the molecule is CC1=C(C(=O)N2CCOCC2)C(c2ccc(O)c([N+](=O)[O-])c2)C2=C(CC(C)(C)CC2=O)N1. The van der Waals surface area contributed by atoms with Gasteiger partial charge in [-0.25, -0.2) is 0 Å². The van der Waals surface area contributed by atoms with Crippen LogP contribution in [0.5, 0.6) is 5.75 Å². The van der Waals surface area contributed by atoms with Crippen molar-refractivity contribution in [2.75, 3.05) is 26.3 Å². The molecule has 3 aliphatic rings. The van der Waals surface area contributed by atoms with Crippen LogP contribution >= 0.6 is 0 Å². The number of ether oxygens (including phenoxy) is 1. The molecule has 1 unspecified atom stereocenters. The van der Waals surface area contributed by atoms with Crippen LogP contribution in [0.2, 0.25) is 0 Å². The molecule has 1 amide bonds. The molecule has 1 saturated heterocycles. The summed E-state index contributed by atoms with van der Waals surface area (Å²) in [7, 11) is 0. The number of nitro groups is 1. The first-order chi connectivity index (χ1) is 15.1. The average Bonchev–Trinajstić information content (AvgIpc) is 2.72. The minimum atomic E-state index is -0.746. The number of phenolic OH excluding ortho intramolecular Hbond substituents is 1. The zero-order valence-electron chi connectivity index (χ0n) is 18.4. The summed E-state index contributed by atoms with van der Waals surface area (Å²) < 4.78 is 5.36. The molecule has 0 aromatic heterocycles. The van der Waals surface area contributed by atoms with Crippen LogP contribution in [0.4, 0.5) is 5.69 Å². The van der Waals surface area contributed by atoms with Crippen molar-refractivity contribution >= 4 is 17.4 Å². The minimum absolute atomic E-state index is 0.0794. The van der Waals surface area contributed by atoms with Gasteiger partial charge in [0.05, 0.1) is 18.1 Å². The molecule has 1 aliphatic carbocycles. The topological polar surface area (TPSA) is 122 Å². The van der Waals surface area contributed by atoms with Gasteiger partial charge in [0.15, 0.2) is 11.5 Å². The summed E-state index contributed by atoms with van der Waals surface area (Å²) in [6.07, 6.45) is 0.948. The molecule has 2 heterocycles. The smallest absolute Gasteiger partial charge is 0.310 e. The number of phenols is 1. The molecule has 170 valence electrons. The molecule has 0 saturated carbocycles. The molecule has 1 aromatic carbocycles. The molecule has 1 atom stereocenters. The second-order valence-electron chi connectivity index (χ2n) is 9.34. The van der Waals surface area contributed by atoms with Gasteiger partial charge in [0.1, 0.15) is 0 Å². The Morgan fingerprint density at radius 2 is 1.97 bits per heavy atom. The van der Waals surface area contributed by atoms with Crippen LogP contribution in [0.15, 0.2) is 40.7 Å². The fraction of sp³-hybridized carbons (Fsp3) is 0.478. The predicted octanol–water partition coefficient (Wildman–Crippen LogP) is 2.76. The van der Waals surface area contributed by atoms with Crippen molar-refractivity contribution < 1.29 is 24.4 Å². The summed E-state index contributed by atoms with van der Waals surface area (Å²) in [5.41, 5.74) is 2.01. The number of allylic oxidation sites excluding steroid dienone is 3. The lowest BCUT2D eigenvalue weighted by Crippen LogP contribution is -2.45. The second-order valence-corrected chi connectivity index (χ2v) is 9.34. The number of carbonyl (C=O) groups is 2. The summed E-state index contributed by atoms with van der Waals surface area (Å²) in [6.45, 7) is 7.57. The van der Waals surface area contributed by atoms with Crippen LogP contribution in [-0.2, 0) is 14.3 Å². The highest BCUT2D eigenvalue weighted by Gasteiger charge is 2.44. The number of aromatic hydroxyl groups is 1. The number of benzene rings is 1. The third-order valence-electron chi connectivity index (χ3n) is 6.30. The molecule has 9 nitrogen and oxygen atoms in total. The highest BCUT2D eigenvalue weighted by molar-refractivity contribution is 6.05. The van der Waals surface area contributed by atoms with E-state index in [1.807, 2.05) is 13.8 Å². The van der Waals surface area contributed by atoms with Crippen molar-refractivity contribution in [2.45, 2.75) is 39.5 Å². The number of hydrogen-bond donors (Lipinski definition) is 2. The number of nitrogens with one attached hydrogen (secondary N) is 1. The third-order valence-corrected chi connectivity index (χ3v) is 6.30. The van der Waals surface area contributed by atoms with E-state index in [2.05, 4.69) is 5.32 Å². The summed E-state index contributed by atoms with van der Waals surface area (Å²) in [5.74, 6) is -1.50. The summed E-state index contributed by atoms with van der Waals surface area (Å²) in [5, 5.41) is 24.7. The van der Waals surface area contributed by atoms with Crippen LogP contribution in [0.1, 0.15) is 45.1 Å². The molecule has 0 radical (unpaired) electrons. The quantitative estimate of drug-likeness (QED) is 0.546. The number of rotatable bonds is 3. The van der Waals surface area contributed by atoms with E-state index in [1.54, 1.807) is 17.9 Å². The van der Waals surface area contributed by atoms with Crippen LogP contribution in [0.25, 0.3) is 0 Å². The normalized spacial score (nSPS) is 23.0. The molecule has 2 aliphatic heterocycles. The third kappa shape index (κ3) is 3.88. The zero-order valence-corrected chi connectivity index (χ0v) is 18.4. The summed E-state index contributed by atoms with van der Waals surface area (Å²) in [6, 6.07) is 4.07.